The number of piperidine rings is 2. The Morgan fingerprint density at radius 2 is 2.12 bits per heavy atom. The van der Waals surface area contributed by atoms with Crippen molar-refractivity contribution in [2.24, 2.45) is 5.92 Å². The molecule has 0 saturated carbocycles. The van der Waals surface area contributed by atoms with Gasteiger partial charge in [0.05, 0.1) is 6.61 Å². The number of likely N-dealkylation sites (tertiary alicyclic amines) is 2. The van der Waals surface area contributed by atoms with E-state index in [1.807, 2.05) is 21.9 Å². The van der Waals surface area contributed by atoms with Gasteiger partial charge in [-0.2, -0.15) is 5.06 Å². The minimum atomic E-state index is 0. The van der Waals surface area contributed by atoms with Gasteiger partial charge < -0.3 is 15.1 Å². The van der Waals surface area contributed by atoms with Crippen LogP contribution < -0.4 is 5.32 Å². The molecular formula is C17H31ClN4O3. The average molecular weight is 375 g/mol. The predicted octanol–water partition coefficient (Wildman–Crippen LogP) is 0.495. The van der Waals surface area contributed by atoms with Crippen LogP contribution in [0.1, 0.15) is 32.1 Å². The molecule has 8 heteroatoms. The topological polar surface area (TPSA) is 65.1 Å². The highest BCUT2D eigenvalue weighted by Crippen LogP contribution is 2.31. The molecule has 0 aromatic carbocycles. The molecule has 0 aromatic heterocycles. The normalized spacial score (nSPS) is 27.2. The largest absolute Gasteiger partial charge is 0.342 e. The van der Waals surface area contributed by atoms with Gasteiger partial charge in [0.2, 0.25) is 11.8 Å². The Labute approximate surface area is 156 Å². The Balaban J connectivity index is 0.00000225. The zero-order valence-electron chi connectivity index (χ0n) is 15.1. The smallest absolute Gasteiger partial charge is 0.223 e. The number of rotatable bonds is 6. The van der Waals surface area contributed by atoms with Crippen molar-refractivity contribution in [3.8, 4) is 0 Å². The van der Waals surface area contributed by atoms with Crippen LogP contribution in [0.25, 0.3) is 0 Å². The van der Waals surface area contributed by atoms with Crippen molar-refractivity contribution >= 4 is 24.2 Å². The van der Waals surface area contributed by atoms with Crippen LogP contribution >= 0.6 is 12.4 Å². The lowest BCUT2D eigenvalue weighted by Gasteiger charge is -2.47. The van der Waals surface area contributed by atoms with Crippen LogP contribution in [0.5, 0.6) is 0 Å². The molecule has 2 atom stereocenters. The molecule has 3 saturated heterocycles. The maximum absolute atomic E-state index is 12.5. The molecule has 0 spiro atoms. The second-order valence-electron chi connectivity index (χ2n) is 7.05. The molecule has 3 fully saturated rings. The molecule has 25 heavy (non-hydrogen) atoms. The number of hydrogen-bond donors (Lipinski definition) is 1. The molecule has 3 aliphatic rings. The molecule has 3 rings (SSSR count). The first-order valence-corrected chi connectivity index (χ1v) is 9.28. The Bertz CT molecular complexity index is 459. The predicted molar refractivity (Wildman–Crippen MR) is 97.4 cm³/mol. The number of amides is 2. The van der Waals surface area contributed by atoms with Crippen molar-refractivity contribution in [2.75, 3.05) is 52.9 Å². The lowest BCUT2D eigenvalue weighted by molar-refractivity contribution is -0.146. The van der Waals surface area contributed by atoms with Gasteiger partial charge in [-0.25, -0.2) is 0 Å². The quantitative estimate of drug-likeness (QED) is 0.733. The minimum Gasteiger partial charge on any atom is -0.342 e. The van der Waals surface area contributed by atoms with Crippen LogP contribution in [0.2, 0.25) is 0 Å². The van der Waals surface area contributed by atoms with Crippen molar-refractivity contribution in [3.63, 3.8) is 0 Å². The monoisotopic (exact) mass is 374 g/mol. The first kappa shape index (κ1) is 20.4. The SMILES string of the molecule is CNCCN1C(=O)CC[C@H]2CN(C(=O)CCN3CCCO3)CC[C@H]21.Cl. The summed E-state index contributed by atoms with van der Waals surface area (Å²) >= 11 is 0. The summed E-state index contributed by atoms with van der Waals surface area (Å²) in [7, 11) is 1.91. The Morgan fingerprint density at radius 1 is 1.28 bits per heavy atom. The van der Waals surface area contributed by atoms with Gasteiger partial charge in [-0.15, -0.1) is 12.4 Å². The van der Waals surface area contributed by atoms with Gasteiger partial charge in [0.1, 0.15) is 0 Å². The first-order chi connectivity index (χ1) is 11.7. The van der Waals surface area contributed by atoms with E-state index in [1.165, 1.54) is 0 Å². The lowest BCUT2D eigenvalue weighted by atomic mass is 9.83. The number of nitrogens with zero attached hydrogens (tertiary/aromatic N) is 3. The zero-order valence-corrected chi connectivity index (χ0v) is 15.9. The van der Waals surface area contributed by atoms with Crippen LogP contribution in [0.4, 0.5) is 0 Å². The van der Waals surface area contributed by atoms with Crippen LogP contribution in [0, 0.1) is 5.92 Å². The molecule has 1 N–H and O–H groups in total. The van der Waals surface area contributed by atoms with Crippen LogP contribution in [0.3, 0.4) is 0 Å². The van der Waals surface area contributed by atoms with Gasteiger partial charge in [0, 0.05) is 58.2 Å². The van der Waals surface area contributed by atoms with Gasteiger partial charge in [0.15, 0.2) is 0 Å². The van der Waals surface area contributed by atoms with E-state index in [4.69, 9.17) is 4.84 Å². The summed E-state index contributed by atoms with van der Waals surface area (Å²) in [6, 6.07) is 0.311. The van der Waals surface area contributed by atoms with E-state index in [0.29, 0.717) is 31.3 Å². The first-order valence-electron chi connectivity index (χ1n) is 9.28. The molecular weight excluding hydrogens is 344 g/mol. The van der Waals surface area contributed by atoms with E-state index in [0.717, 1.165) is 58.6 Å². The molecule has 2 amide bonds. The molecule has 3 heterocycles. The summed E-state index contributed by atoms with van der Waals surface area (Å²) in [5.74, 6) is 0.931. The van der Waals surface area contributed by atoms with E-state index < -0.39 is 0 Å². The standard InChI is InChI=1S/C17H30N4O3.ClH/c1-18-7-11-21-15-5-9-19(13-14(15)3-4-17(21)23)16(22)6-10-20-8-2-12-24-20;/h14-15,18H,2-13H2,1H3;1H/t14-,15+;/m0./s1. The van der Waals surface area contributed by atoms with Crippen molar-refractivity contribution in [1.29, 1.82) is 0 Å². The third-order valence-corrected chi connectivity index (χ3v) is 5.50. The number of hydrogen-bond acceptors (Lipinski definition) is 5. The zero-order chi connectivity index (χ0) is 16.9. The molecule has 7 nitrogen and oxygen atoms in total. The van der Waals surface area contributed by atoms with E-state index in [-0.39, 0.29) is 24.2 Å². The molecule has 0 radical (unpaired) electrons. The molecule has 0 bridgehead atoms. The fourth-order valence-electron chi connectivity index (χ4n) is 4.15. The lowest BCUT2D eigenvalue weighted by Crippen LogP contribution is -2.57. The summed E-state index contributed by atoms with van der Waals surface area (Å²) in [6.45, 7) is 5.57. The summed E-state index contributed by atoms with van der Waals surface area (Å²) in [5, 5.41) is 5.03. The third kappa shape index (κ3) is 5.06. The minimum absolute atomic E-state index is 0. The highest BCUT2D eigenvalue weighted by Gasteiger charge is 2.39. The summed E-state index contributed by atoms with van der Waals surface area (Å²) in [4.78, 5) is 34.2. The Hall–Kier alpha value is -0.890. The molecule has 3 aliphatic heterocycles. The molecule has 144 valence electrons. The maximum atomic E-state index is 12.5. The number of fused-ring (bicyclic) bond motifs is 1. The summed E-state index contributed by atoms with van der Waals surface area (Å²) in [6.07, 6.45) is 4.02. The van der Waals surface area contributed by atoms with Crippen molar-refractivity contribution in [2.45, 2.75) is 38.1 Å². The Morgan fingerprint density at radius 3 is 2.84 bits per heavy atom. The van der Waals surface area contributed by atoms with E-state index in [2.05, 4.69) is 5.32 Å². The fourth-order valence-corrected chi connectivity index (χ4v) is 4.15. The molecule has 0 aromatic rings. The average Bonchev–Trinajstić information content (AvgIpc) is 3.12. The number of halogens is 1. The van der Waals surface area contributed by atoms with Gasteiger partial charge in [-0.3, -0.25) is 14.4 Å². The summed E-state index contributed by atoms with van der Waals surface area (Å²) < 4.78 is 0. The summed E-state index contributed by atoms with van der Waals surface area (Å²) in [5.41, 5.74) is 0. The van der Waals surface area contributed by atoms with Gasteiger partial charge in [-0.1, -0.05) is 0 Å². The van der Waals surface area contributed by atoms with E-state index in [9.17, 15) is 9.59 Å². The fraction of sp³-hybridized carbons (Fsp3) is 0.882. The molecule has 0 unspecified atom stereocenters. The second-order valence-corrected chi connectivity index (χ2v) is 7.05. The van der Waals surface area contributed by atoms with Crippen LogP contribution in [-0.4, -0.2) is 85.6 Å². The highest BCUT2D eigenvalue weighted by molar-refractivity contribution is 5.85. The molecule has 0 aliphatic carbocycles. The van der Waals surface area contributed by atoms with Crippen LogP contribution in [0.15, 0.2) is 0 Å². The third-order valence-electron chi connectivity index (χ3n) is 5.50. The number of likely N-dealkylation sites (N-methyl/N-ethyl adjacent to an activating group) is 1. The van der Waals surface area contributed by atoms with E-state index in [1.54, 1.807) is 0 Å². The second kappa shape index (κ2) is 9.71. The van der Waals surface area contributed by atoms with Crippen molar-refractivity contribution in [3.05, 3.63) is 0 Å². The maximum Gasteiger partial charge on any atom is 0.223 e. The van der Waals surface area contributed by atoms with E-state index >= 15 is 0 Å². The van der Waals surface area contributed by atoms with Crippen molar-refractivity contribution in [1.82, 2.24) is 20.2 Å². The van der Waals surface area contributed by atoms with Gasteiger partial charge >= 0.3 is 0 Å². The van der Waals surface area contributed by atoms with Gasteiger partial charge in [-0.05, 0) is 32.2 Å². The van der Waals surface area contributed by atoms with Crippen LogP contribution in [-0.2, 0) is 14.4 Å². The highest BCUT2D eigenvalue weighted by atomic mass is 35.5. The number of carbonyl (C=O) groups is 2. The number of carbonyl (C=O) groups excluding carboxylic acids is 2. The number of hydroxylamine groups is 2. The Kier molecular flexibility index (Phi) is 7.93. The number of nitrogens with one attached hydrogen (secondary N) is 1. The van der Waals surface area contributed by atoms with Gasteiger partial charge in [0.25, 0.3) is 0 Å². The van der Waals surface area contributed by atoms with Crippen molar-refractivity contribution < 1.29 is 14.4 Å².